The Kier molecular flexibility index (Phi) is 5.79. The fourth-order valence-corrected chi connectivity index (χ4v) is 2.10. The molecule has 0 fully saturated rings. The van der Waals surface area contributed by atoms with Gasteiger partial charge in [-0.25, -0.2) is 4.98 Å². The number of hydrogen-bond acceptors (Lipinski definition) is 6. The fourth-order valence-electron chi connectivity index (χ4n) is 1.33. The maximum absolute atomic E-state index is 11.7. The first-order chi connectivity index (χ1) is 9.61. The predicted molar refractivity (Wildman–Crippen MR) is 83.1 cm³/mol. The van der Waals surface area contributed by atoms with Crippen LogP contribution in [0.2, 0.25) is 0 Å². The van der Waals surface area contributed by atoms with Gasteiger partial charge in [0.05, 0.1) is 12.6 Å². The molecule has 1 atom stereocenters. The molecule has 118 valence electrons. The average Bonchev–Trinajstić information content (AvgIpc) is 2.83. The van der Waals surface area contributed by atoms with Gasteiger partial charge in [0.25, 0.3) is 0 Å². The Morgan fingerprint density at radius 3 is 2.43 bits per heavy atom. The number of rotatable bonds is 5. The van der Waals surface area contributed by atoms with Crippen molar-refractivity contribution >= 4 is 28.5 Å². The lowest BCUT2D eigenvalue weighted by Crippen LogP contribution is -2.46. The van der Waals surface area contributed by atoms with Crippen LogP contribution in [0.3, 0.4) is 0 Å². The molecule has 0 aliphatic heterocycles. The molecule has 0 bridgehead atoms. The molecule has 0 saturated carbocycles. The SMILES string of the molecule is CC(C)[C@H](N)C(=O)NCC(=O)Nc1nc(C(C)(C)C)ns1. The first-order valence-corrected chi connectivity index (χ1v) is 7.56. The second-order valence-corrected chi connectivity index (χ2v) is 6.96. The molecule has 0 radical (unpaired) electrons. The first-order valence-electron chi connectivity index (χ1n) is 6.78. The van der Waals surface area contributed by atoms with Crippen LogP contribution in [0.15, 0.2) is 0 Å². The summed E-state index contributed by atoms with van der Waals surface area (Å²) in [6, 6.07) is -0.619. The molecule has 0 aliphatic rings. The molecule has 0 aromatic carbocycles. The quantitative estimate of drug-likeness (QED) is 0.747. The second kappa shape index (κ2) is 6.95. The Morgan fingerprint density at radius 2 is 1.95 bits per heavy atom. The molecule has 21 heavy (non-hydrogen) atoms. The minimum absolute atomic E-state index is 0.0190. The Balaban J connectivity index is 2.48. The summed E-state index contributed by atoms with van der Waals surface area (Å²) in [5, 5.41) is 5.53. The molecule has 1 heterocycles. The highest BCUT2D eigenvalue weighted by Gasteiger charge is 2.21. The Hall–Kier alpha value is -1.54. The topological polar surface area (TPSA) is 110 Å². The summed E-state index contributed by atoms with van der Waals surface area (Å²) < 4.78 is 4.20. The zero-order chi connectivity index (χ0) is 16.2. The van der Waals surface area contributed by atoms with Crippen LogP contribution in [0.5, 0.6) is 0 Å². The van der Waals surface area contributed by atoms with Crippen molar-refractivity contribution in [1.29, 1.82) is 0 Å². The molecular weight excluding hydrogens is 290 g/mol. The van der Waals surface area contributed by atoms with Crippen molar-refractivity contribution in [1.82, 2.24) is 14.7 Å². The summed E-state index contributed by atoms with van der Waals surface area (Å²) in [6.07, 6.45) is 0. The van der Waals surface area contributed by atoms with Gasteiger partial charge in [0, 0.05) is 16.9 Å². The molecule has 2 amide bonds. The monoisotopic (exact) mass is 313 g/mol. The molecule has 0 spiro atoms. The van der Waals surface area contributed by atoms with Gasteiger partial charge in [-0.05, 0) is 5.92 Å². The molecule has 1 rings (SSSR count). The van der Waals surface area contributed by atoms with Crippen LogP contribution in [0.1, 0.15) is 40.4 Å². The normalized spacial score (nSPS) is 13.1. The van der Waals surface area contributed by atoms with Crippen LogP contribution in [0.25, 0.3) is 0 Å². The van der Waals surface area contributed by atoms with Gasteiger partial charge in [-0.2, -0.15) is 4.37 Å². The van der Waals surface area contributed by atoms with Crippen LogP contribution >= 0.6 is 11.5 Å². The third-order valence-corrected chi connectivity index (χ3v) is 3.42. The minimum atomic E-state index is -0.619. The van der Waals surface area contributed by atoms with Crippen molar-refractivity contribution in [3.8, 4) is 0 Å². The van der Waals surface area contributed by atoms with Crippen LogP contribution in [0, 0.1) is 5.92 Å². The van der Waals surface area contributed by atoms with E-state index < -0.39 is 6.04 Å². The van der Waals surface area contributed by atoms with Gasteiger partial charge < -0.3 is 11.1 Å². The summed E-state index contributed by atoms with van der Waals surface area (Å²) in [4.78, 5) is 27.6. The van der Waals surface area contributed by atoms with E-state index in [4.69, 9.17) is 5.73 Å². The van der Waals surface area contributed by atoms with Crippen molar-refractivity contribution in [2.45, 2.75) is 46.1 Å². The highest BCUT2D eigenvalue weighted by molar-refractivity contribution is 7.09. The van der Waals surface area contributed by atoms with Crippen molar-refractivity contribution in [2.24, 2.45) is 11.7 Å². The summed E-state index contributed by atoms with van der Waals surface area (Å²) >= 11 is 1.12. The van der Waals surface area contributed by atoms with Crippen LogP contribution < -0.4 is 16.4 Å². The number of carbonyl (C=O) groups excluding carboxylic acids is 2. The van der Waals surface area contributed by atoms with E-state index in [2.05, 4.69) is 20.0 Å². The summed E-state index contributed by atoms with van der Waals surface area (Å²) in [5.41, 5.74) is 5.52. The lowest BCUT2D eigenvalue weighted by molar-refractivity contribution is -0.125. The van der Waals surface area contributed by atoms with E-state index in [0.717, 1.165) is 11.5 Å². The van der Waals surface area contributed by atoms with Crippen molar-refractivity contribution in [3.05, 3.63) is 5.82 Å². The molecule has 1 aromatic heterocycles. The van der Waals surface area contributed by atoms with Crippen molar-refractivity contribution in [2.75, 3.05) is 11.9 Å². The smallest absolute Gasteiger partial charge is 0.245 e. The Labute approximate surface area is 128 Å². The predicted octanol–water partition coefficient (Wildman–Crippen LogP) is 0.874. The zero-order valence-corrected chi connectivity index (χ0v) is 13.9. The van der Waals surface area contributed by atoms with E-state index in [1.165, 1.54) is 0 Å². The maximum Gasteiger partial charge on any atom is 0.245 e. The van der Waals surface area contributed by atoms with Gasteiger partial charge in [-0.3, -0.25) is 14.9 Å². The molecule has 7 nitrogen and oxygen atoms in total. The maximum atomic E-state index is 11.7. The third-order valence-electron chi connectivity index (χ3n) is 2.79. The van der Waals surface area contributed by atoms with E-state index in [-0.39, 0.29) is 29.7 Å². The third kappa shape index (κ3) is 5.39. The van der Waals surface area contributed by atoms with E-state index in [1.54, 1.807) is 0 Å². The van der Waals surface area contributed by atoms with E-state index >= 15 is 0 Å². The number of amides is 2. The molecule has 1 aromatic rings. The standard InChI is InChI=1S/C13H23N5O2S/c1-7(2)9(14)10(20)15-6-8(19)16-12-17-11(18-21-12)13(3,4)5/h7,9H,6,14H2,1-5H3,(H,15,20)(H,16,17,18,19)/t9-/m0/s1. The average molecular weight is 313 g/mol. The van der Waals surface area contributed by atoms with Gasteiger partial charge >= 0.3 is 0 Å². The van der Waals surface area contributed by atoms with Gasteiger partial charge in [0.2, 0.25) is 16.9 Å². The Bertz CT molecular complexity index is 507. The highest BCUT2D eigenvalue weighted by Crippen LogP contribution is 2.22. The van der Waals surface area contributed by atoms with Crippen LogP contribution in [0.4, 0.5) is 5.13 Å². The van der Waals surface area contributed by atoms with Gasteiger partial charge in [0.15, 0.2) is 0 Å². The molecular formula is C13H23N5O2S. The number of aromatic nitrogens is 2. The van der Waals surface area contributed by atoms with Crippen molar-refractivity contribution in [3.63, 3.8) is 0 Å². The Morgan fingerprint density at radius 1 is 1.33 bits per heavy atom. The molecule has 0 unspecified atom stereocenters. The van der Waals surface area contributed by atoms with E-state index in [0.29, 0.717) is 11.0 Å². The van der Waals surface area contributed by atoms with Crippen LogP contribution in [-0.4, -0.2) is 33.8 Å². The van der Waals surface area contributed by atoms with E-state index in [9.17, 15) is 9.59 Å². The van der Waals surface area contributed by atoms with E-state index in [1.807, 2.05) is 34.6 Å². The lowest BCUT2D eigenvalue weighted by Gasteiger charge is -2.14. The molecule has 4 N–H and O–H groups in total. The zero-order valence-electron chi connectivity index (χ0n) is 13.1. The fraction of sp³-hybridized carbons (Fsp3) is 0.692. The molecule has 0 aliphatic carbocycles. The molecule has 0 saturated heterocycles. The van der Waals surface area contributed by atoms with Gasteiger partial charge in [0.1, 0.15) is 5.82 Å². The number of nitrogens with two attached hydrogens (primary N) is 1. The number of hydrogen-bond donors (Lipinski definition) is 3. The van der Waals surface area contributed by atoms with Crippen LogP contribution in [-0.2, 0) is 15.0 Å². The lowest BCUT2D eigenvalue weighted by atomic mass is 9.96. The number of carbonyl (C=O) groups is 2. The highest BCUT2D eigenvalue weighted by atomic mass is 32.1. The summed E-state index contributed by atoms with van der Waals surface area (Å²) in [6.45, 7) is 9.54. The summed E-state index contributed by atoms with van der Waals surface area (Å²) in [5.74, 6) is 0.00272. The summed E-state index contributed by atoms with van der Waals surface area (Å²) in [7, 11) is 0. The second-order valence-electron chi connectivity index (χ2n) is 6.21. The van der Waals surface area contributed by atoms with Gasteiger partial charge in [-0.15, -0.1) is 0 Å². The largest absolute Gasteiger partial charge is 0.346 e. The molecule has 8 heteroatoms. The number of nitrogens with one attached hydrogen (secondary N) is 2. The minimum Gasteiger partial charge on any atom is -0.346 e. The first kappa shape index (κ1) is 17.5. The van der Waals surface area contributed by atoms with Gasteiger partial charge in [-0.1, -0.05) is 34.6 Å². The number of nitrogens with zero attached hydrogens (tertiary/aromatic N) is 2. The number of anilines is 1. The van der Waals surface area contributed by atoms with Crippen molar-refractivity contribution < 1.29 is 9.59 Å².